The van der Waals surface area contributed by atoms with Crippen molar-refractivity contribution in [1.82, 2.24) is 20.2 Å². The Morgan fingerprint density at radius 3 is 2.31 bits per heavy atom. The predicted molar refractivity (Wildman–Crippen MR) is 134 cm³/mol. The van der Waals surface area contributed by atoms with E-state index >= 15 is 0 Å². The third-order valence-corrected chi connectivity index (χ3v) is 9.08. The first kappa shape index (κ1) is 21.6. The number of carbonyl (C=O) groups excluding carboxylic acids is 1. The van der Waals surface area contributed by atoms with Crippen LogP contribution in [0.4, 0.5) is 10.6 Å². The van der Waals surface area contributed by atoms with Gasteiger partial charge in [-0.25, -0.2) is 14.8 Å². The smallest absolute Gasteiger partial charge is 0.318 e. The van der Waals surface area contributed by atoms with E-state index in [1.165, 1.54) is 38.5 Å². The average molecular weight is 474 g/mol. The van der Waals surface area contributed by atoms with Crippen molar-refractivity contribution in [3.63, 3.8) is 0 Å². The minimum absolute atomic E-state index is 0.0345. The van der Waals surface area contributed by atoms with Crippen molar-refractivity contribution < 1.29 is 9.53 Å². The number of hydrogen-bond acceptors (Lipinski definition) is 5. The number of amides is 2. The van der Waals surface area contributed by atoms with Gasteiger partial charge >= 0.3 is 6.03 Å². The van der Waals surface area contributed by atoms with E-state index in [1.54, 1.807) is 0 Å². The van der Waals surface area contributed by atoms with E-state index in [0.29, 0.717) is 26.3 Å². The quantitative estimate of drug-likeness (QED) is 0.729. The number of benzene rings is 1. The molecule has 0 radical (unpaired) electrons. The summed E-state index contributed by atoms with van der Waals surface area (Å²) in [6.07, 6.45) is 8.46. The lowest BCUT2D eigenvalue weighted by Gasteiger charge is -2.57. The normalized spacial score (nSPS) is 31.4. The Kier molecular flexibility index (Phi) is 5.23. The Balaban J connectivity index is 1.16. The SMILES string of the molecule is O=C(NC12CC3CC(CC(C3)C1)C2)N1CCc2nc(-c3ccccc3)nc(N3CCOCC3)c2C1. The Morgan fingerprint density at radius 1 is 0.943 bits per heavy atom. The summed E-state index contributed by atoms with van der Waals surface area (Å²) in [5, 5.41) is 3.57. The fourth-order valence-corrected chi connectivity index (χ4v) is 7.89. The second-order valence-corrected chi connectivity index (χ2v) is 11.6. The summed E-state index contributed by atoms with van der Waals surface area (Å²) in [5.41, 5.74) is 3.26. The number of carbonyl (C=O) groups is 1. The zero-order valence-electron chi connectivity index (χ0n) is 20.4. The Hall–Kier alpha value is -2.67. The molecule has 1 saturated heterocycles. The summed E-state index contributed by atoms with van der Waals surface area (Å²) >= 11 is 0. The van der Waals surface area contributed by atoms with Crippen LogP contribution in [0.25, 0.3) is 11.4 Å². The van der Waals surface area contributed by atoms with Crippen LogP contribution in [0.2, 0.25) is 0 Å². The van der Waals surface area contributed by atoms with Crippen molar-refractivity contribution >= 4 is 11.8 Å². The van der Waals surface area contributed by atoms with Gasteiger partial charge in [0.1, 0.15) is 5.82 Å². The Labute approximate surface area is 207 Å². The van der Waals surface area contributed by atoms with E-state index in [1.807, 2.05) is 23.1 Å². The van der Waals surface area contributed by atoms with Gasteiger partial charge < -0.3 is 19.9 Å². The molecule has 1 aromatic carbocycles. The minimum Gasteiger partial charge on any atom is -0.378 e. The van der Waals surface area contributed by atoms with E-state index in [-0.39, 0.29) is 11.6 Å². The number of aromatic nitrogens is 2. The molecule has 2 aromatic rings. The number of rotatable bonds is 3. The van der Waals surface area contributed by atoms with Crippen LogP contribution < -0.4 is 10.2 Å². The van der Waals surface area contributed by atoms with Gasteiger partial charge in [-0.2, -0.15) is 0 Å². The van der Waals surface area contributed by atoms with Crippen LogP contribution in [0.1, 0.15) is 49.8 Å². The Morgan fingerprint density at radius 2 is 1.63 bits per heavy atom. The molecular weight excluding hydrogens is 438 g/mol. The van der Waals surface area contributed by atoms with E-state index in [2.05, 4.69) is 22.3 Å². The van der Waals surface area contributed by atoms with Crippen LogP contribution in [0.15, 0.2) is 30.3 Å². The van der Waals surface area contributed by atoms with Crippen LogP contribution in [0.5, 0.6) is 0 Å². The van der Waals surface area contributed by atoms with Gasteiger partial charge in [0.2, 0.25) is 0 Å². The summed E-state index contributed by atoms with van der Waals surface area (Å²) in [4.78, 5) is 28.0. The molecular formula is C28H35N5O2. The number of nitrogens with one attached hydrogen (secondary N) is 1. The van der Waals surface area contributed by atoms with Crippen LogP contribution in [0, 0.1) is 17.8 Å². The summed E-state index contributed by atoms with van der Waals surface area (Å²) < 4.78 is 5.61. The second-order valence-electron chi connectivity index (χ2n) is 11.6. The van der Waals surface area contributed by atoms with E-state index in [0.717, 1.165) is 65.7 Å². The van der Waals surface area contributed by atoms with Crippen LogP contribution >= 0.6 is 0 Å². The second kappa shape index (κ2) is 8.47. The number of fused-ring (bicyclic) bond motifs is 1. The molecule has 7 heteroatoms. The highest BCUT2D eigenvalue weighted by molar-refractivity contribution is 5.76. The van der Waals surface area contributed by atoms with E-state index in [4.69, 9.17) is 14.7 Å². The van der Waals surface area contributed by atoms with Gasteiger partial charge in [-0.15, -0.1) is 0 Å². The molecule has 0 spiro atoms. The third kappa shape index (κ3) is 3.98. The van der Waals surface area contributed by atoms with Crippen molar-refractivity contribution in [3.05, 3.63) is 41.6 Å². The molecule has 4 bridgehead atoms. The molecule has 5 fully saturated rings. The van der Waals surface area contributed by atoms with E-state index in [9.17, 15) is 4.79 Å². The standard InChI is InChI=1S/C28H35N5O2/c34-27(31-28-15-19-12-20(16-28)14-21(13-19)17-28)33-7-6-24-23(18-33)26(32-8-10-35-11-9-32)30-25(29-24)22-4-2-1-3-5-22/h1-5,19-21H,6-18H2,(H,31,34). The molecule has 35 heavy (non-hydrogen) atoms. The molecule has 0 atom stereocenters. The fourth-order valence-electron chi connectivity index (χ4n) is 7.89. The number of nitrogens with zero attached hydrogens (tertiary/aromatic N) is 4. The summed E-state index contributed by atoms with van der Waals surface area (Å²) in [7, 11) is 0. The van der Waals surface area contributed by atoms with Gasteiger partial charge in [0.05, 0.1) is 25.5 Å². The van der Waals surface area contributed by atoms with Gasteiger partial charge in [-0.3, -0.25) is 0 Å². The number of ether oxygens (including phenoxy) is 1. The van der Waals surface area contributed by atoms with Crippen molar-refractivity contribution in [2.45, 2.75) is 57.0 Å². The molecule has 4 saturated carbocycles. The molecule has 184 valence electrons. The van der Waals surface area contributed by atoms with Gasteiger partial charge in [-0.1, -0.05) is 30.3 Å². The number of urea groups is 1. The van der Waals surface area contributed by atoms with Gasteiger partial charge in [0, 0.05) is 42.7 Å². The molecule has 2 amide bonds. The first-order valence-corrected chi connectivity index (χ1v) is 13.5. The van der Waals surface area contributed by atoms with Gasteiger partial charge in [0.15, 0.2) is 5.82 Å². The maximum atomic E-state index is 13.6. The lowest BCUT2D eigenvalue weighted by atomic mass is 9.53. The molecule has 4 aliphatic carbocycles. The minimum atomic E-state index is 0.0345. The first-order chi connectivity index (χ1) is 17.1. The number of hydrogen-bond donors (Lipinski definition) is 1. The highest BCUT2D eigenvalue weighted by atomic mass is 16.5. The first-order valence-electron chi connectivity index (χ1n) is 13.5. The lowest BCUT2D eigenvalue weighted by molar-refractivity contribution is -0.0159. The maximum Gasteiger partial charge on any atom is 0.318 e. The average Bonchev–Trinajstić information content (AvgIpc) is 2.87. The fraction of sp³-hybridized carbons (Fsp3) is 0.607. The van der Waals surface area contributed by atoms with Gasteiger partial charge in [0.25, 0.3) is 0 Å². The topological polar surface area (TPSA) is 70.6 Å². The summed E-state index contributed by atoms with van der Waals surface area (Å²) in [5.74, 6) is 4.21. The zero-order chi connectivity index (χ0) is 23.4. The number of morpholine rings is 1. The van der Waals surface area contributed by atoms with Crippen molar-refractivity contribution in [1.29, 1.82) is 0 Å². The molecule has 7 nitrogen and oxygen atoms in total. The van der Waals surface area contributed by atoms with Crippen LogP contribution in [-0.4, -0.2) is 59.3 Å². The lowest BCUT2D eigenvalue weighted by Crippen LogP contribution is -2.62. The van der Waals surface area contributed by atoms with Crippen molar-refractivity contribution in [3.8, 4) is 11.4 Å². The highest BCUT2D eigenvalue weighted by Crippen LogP contribution is 2.55. The molecule has 8 rings (SSSR count). The highest BCUT2D eigenvalue weighted by Gasteiger charge is 2.52. The monoisotopic (exact) mass is 473 g/mol. The molecule has 1 N–H and O–H groups in total. The molecule has 3 heterocycles. The number of anilines is 1. The maximum absolute atomic E-state index is 13.6. The molecule has 6 aliphatic rings. The van der Waals surface area contributed by atoms with Crippen molar-refractivity contribution in [2.75, 3.05) is 37.7 Å². The molecule has 2 aliphatic heterocycles. The predicted octanol–water partition coefficient (Wildman–Crippen LogP) is 4.02. The Bertz CT molecular complexity index is 1080. The van der Waals surface area contributed by atoms with Crippen LogP contribution in [-0.2, 0) is 17.7 Å². The summed E-state index contributed by atoms with van der Waals surface area (Å²) in [6, 6.07) is 10.3. The van der Waals surface area contributed by atoms with Gasteiger partial charge in [-0.05, 0) is 56.3 Å². The molecule has 0 unspecified atom stereocenters. The van der Waals surface area contributed by atoms with Crippen molar-refractivity contribution in [2.24, 2.45) is 17.8 Å². The third-order valence-electron chi connectivity index (χ3n) is 9.08. The summed E-state index contributed by atoms with van der Waals surface area (Å²) in [6.45, 7) is 4.33. The van der Waals surface area contributed by atoms with Crippen LogP contribution in [0.3, 0.4) is 0 Å². The van der Waals surface area contributed by atoms with E-state index < -0.39 is 0 Å². The zero-order valence-corrected chi connectivity index (χ0v) is 20.4. The largest absolute Gasteiger partial charge is 0.378 e. The molecule has 1 aromatic heterocycles.